The van der Waals surface area contributed by atoms with Crippen molar-refractivity contribution in [1.82, 2.24) is 14.6 Å². The van der Waals surface area contributed by atoms with Crippen molar-refractivity contribution >= 4 is 42.6 Å². The van der Waals surface area contributed by atoms with E-state index in [0.29, 0.717) is 22.0 Å². The molecule has 0 saturated carbocycles. The molecule has 0 aliphatic carbocycles. The molecule has 4 aromatic rings. The molecule has 1 heterocycles. The first-order valence-corrected chi connectivity index (χ1v) is 15.1. The number of aromatic nitrogens is 1. The number of hydrogen-bond acceptors (Lipinski definition) is 8. The maximum absolute atomic E-state index is 14.0. The number of ether oxygens (including phenoxy) is 1. The second kappa shape index (κ2) is 12.3. The minimum atomic E-state index is -4.13. The molecular weight excluding hydrogens is 548 g/mol. The van der Waals surface area contributed by atoms with Gasteiger partial charge < -0.3 is 20.9 Å². The smallest absolute Gasteiger partial charge is 0.251 e. The molecule has 0 aliphatic heterocycles. The van der Waals surface area contributed by atoms with E-state index < -0.39 is 15.7 Å². The van der Waals surface area contributed by atoms with Crippen LogP contribution in [0, 0.1) is 5.92 Å². The Hall–Kier alpha value is -3.51. The van der Waals surface area contributed by atoms with Crippen molar-refractivity contribution in [3.63, 3.8) is 0 Å². The number of rotatable bonds is 12. The molecule has 212 valence electrons. The summed E-state index contributed by atoms with van der Waals surface area (Å²) in [5.41, 5.74) is 5.86. The third-order valence-corrected chi connectivity index (χ3v) is 9.24. The van der Waals surface area contributed by atoms with Crippen LogP contribution < -0.4 is 15.8 Å². The minimum Gasteiger partial charge on any atom is -0.497 e. The molecule has 4 rings (SSSR count). The second-order valence-electron chi connectivity index (χ2n) is 9.99. The molecule has 0 radical (unpaired) electrons. The third-order valence-electron chi connectivity index (χ3n) is 6.45. The summed E-state index contributed by atoms with van der Waals surface area (Å²) in [4.78, 5) is 17.2. The van der Waals surface area contributed by atoms with E-state index in [1.54, 1.807) is 30.3 Å². The van der Waals surface area contributed by atoms with Crippen LogP contribution >= 0.6 is 11.3 Å². The Morgan fingerprint density at radius 2 is 1.82 bits per heavy atom. The van der Waals surface area contributed by atoms with Crippen molar-refractivity contribution in [1.29, 1.82) is 0 Å². The average molecular weight is 583 g/mol. The number of methoxy groups -OCH3 is 1. The molecule has 0 bridgehead atoms. The van der Waals surface area contributed by atoms with Gasteiger partial charge in [-0.05, 0) is 53.9 Å². The average Bonchev–Trinajstić information content (AvgIpc) is 3.31. The fraction of sp³-hybridized carbons (Fsp3) is 0.310. The Morgan fingerprint density at radius 3 is 2.48 bits per heavy atom. The fourth-order valence-electron chi connectivity index (χ4n) is 4.48. The molecule has 9 nitrogen and oxygen atoms in total. The lowest BCUT2D eigenvalue weighted by molar-refractivity contribution is -0.0700. The normalized spacial score (nSPS) is 13.4. The number of carbonyl (C=O) groups is 1. The summed E-state index contributed by atoms with van der Waals surface area (Å²) in [7, 11) is -2.62. The van der Waals surface area contributed by atoms with E-state index in [-0.39, 0.29) is 42.7 Å². The van der Waals surface area contributed by atoms with Gasteiger partial charge in [0, 0.05) is 31.5 Å². The van der Waals surface area contributed by atoms with Crippen molar-refractivity contribution in [2.24, 2.45) is 5.92 Å². The van der Waals surface area contributed by atoms with E-state index in [2.05, 4.69) is 10.3 Å². The molecule has 1 atom stereocenters. The maximum Gasteiger partial charge on any atom is 0.251 e. The quantitative estimate of drug-likeness (QED) is 0.212. The van der Waals surface area contributed by atoms with Gasteiger partial charge in [0.05, 0.1) is 22.2 Å². The largest absolute Gasteiger partial charge is 0.497 e. The Balaban J connectivity index is 1.62. The van der Waals surface area contributed by atoms with Crippen LogP contribution in [-0.2, 0) is 16.4 Å². The predicted molar refractivity (Wildman–Crippen MR) is 158 cm³/mol. The van der Waals surface area contributed by atoms with Crippen LogP contribution in [-0.4, -0.2) is 54.6 Å². The SMILES string of the molecule is COc1ccc(S(=O)(=O)N(CC(C)C)C(O)(CCNC(=O)c2ccc3nc(N)sc3c2)Cc2ccccc2)cc1. The molecule has 1 unspecified atom stereocenters. The van der Waals surface area contributed by atoms with Crippen LogP contribution in [0.25, 0.3) is 10.2 Å². The van der Waals surface area contributed by atoms with E-state index in [1.165, 1.54) is 30.6 Å². The highest BCUT2D eigenvalue weighted by Crippen LogP contribution is 2.31. The molecule has 0 aliphatic rings. The summed E-state index contributed by atoms with van der Waals surface area (Å²) in [5, 5.41) is 15.4. The Bertz CT molecular complexity index is 1560. The van der Waals surface area contributed by atoms with Crippen LogP contribution in [0.5, 0.6) is 5.75 Å². The zero-order valence-electron chi connectivity index (χ0n) is 22.7. The maximum atomic E-state index is 14.0. The Kier molecular flexibility index (Phi) is 9.09. The first kappa shape index (κ1) is 29.5. The van der Waals surface area contributed by atoms with Gasteiger partial charge >= 0.3 is 0 Å². The topological polar surface area (TPSA) is 135 Å². The lowest BCUT2D eigenvalue weighted by Crippen LogP contribution is -2.55. The van der Waals surface area contributed by atoms with Crippen molar-refractivity contribution in [2.75, 3.05) is 25.9 Å². The van der Waals surface area contributed by atoms with E-state index in [1.807, 2.05) is 44.2 Å². The van der Waals surface area contributed by atoms with E-state index in [4.69, 9.17) is 10.5 Å². The zero-order valence-corrected chi connectivity index (χ0v) is 24.3. The molecule has 0 saturated heterocycles. The summed E-state index contributed by atoms with van der Waals surface area (Å²) < 4.78 is 35.1. The highest BCUT2D eigenvalue weighted by molar-refractivity contribution is 7.89. The molecule has 1 amide bonds. The number of nitrogens with zero attached hydrogens (tertiary/aromatic N) is 2. The summed E-state index contributed by atoms with van der Waals surface area (Å²) >= 11 is 1.29. The summed E-state index contributed by atoms with van der Waals surface area (Å²) in [5.74, 6) is 0.101. The van der Waals surface area contributed by atoms with Crippen LogP contribution in [0.3, 0.4) is 0 Å². The first-order valence-electron chi connectivity index (χ1n) is 12.9. The lowest BCUT2D eigenvalue weighted by Gasteiger charge is -2.40. The van der Waals surface area contributed by atoms with Crippen LogP contribution in [0.1, 0.15) is 36.2 Å². The van der Waals surface area contributed by atoms with Gasteiger partial charge in [0.2, 0.25) is 10.0 Å². The Morgan fingerprint density at radius 1 is 1.12 bits per heavy atom. The number of nitrogens with two attached hydrogens (primary N) is 1. The zero-order chi connectivity index (χ0) is 28.9. The van der Waals surface area contributed by atoms with E-state index >= 15 is 0 Å². The molecule has 1 aromatic heterocycles. The first-order chi connectivity index (χ1) is 19.0. The van der Waals surface area contributed by atoms with Gasteiger partial charge in [-0.2, -0.15) is 4.31 Å². The van der Waals surface area contributed by atoms with Gasteiger partial charge in [0.1, 0.15) is 11.5 Å². The monoisotopic (exact) mass is 582 g/mol. The van der Waals surface area contributed by atoms with Crippen molar-refractivity contribution in [3.05, 3.63) is 83.9 Å². The molecule has 11 heteroatoms. The Labute approximate surface area is 238 Å². The number of anilines is 1. The molecule has 0 fully saturated rings. The van der Waals surface area contributed by atoms with Crippen molar-refractivity contribution < 1.29 is 23.1 Å². The van der Waals surface area contributed by atoms with Gasteiger partial charge in [0.25, 0.3) is 5.91 Å². The summed E-state index contributed by atoms with van der Waals surface area (Å²) in [6, 6.07) is 20.4. The van der Waals surface area contributed by atoms with Crippen molar-refractivity contribution in [2.45, 2.75) is 37.3 Å². The van der Waals surface area contributed by atoms with Gasteiger partial charge in [-0.3, -0.25) is 4.79 Å². The third kappa shape index (κ3) is 6.79. The van der Waals surface area contributed by atoms with Gasteiger partial charge in [-0.25, -0.2) is 13.4 Å². The minimum absolute atomic E-state index is 0.0362. The number of sulfonamides is 1. The summed E-state index contributed by atoms with van der Waals surface area (Å²) in [6.45, 7) is 3.90. The number of amides is 1. The van der Waals surface area contributed by atoms with Crippen molar-refractivity contribution in [3.8, 4) is 5.75 Å². The molecule has 3 aromatic carbocycles. The predicted octanol–water partition coefficient (Wildman–Crippen LogP) is 4.29. The van der Waals surface area contributed by atoms with E-state index in [0.717, 1.165) is 14.6 Å². The van der Waals surface area contributed by atoms with Crippen LogP contribution in [0.15, 0.2) is 77.7 Å². The van der Waals surface area contributed by atoms with Gasteiger partial charge in [-0.1, -0.05) is 55.5 Å². The second-order valence-corrected chi connectivity index (χ2v) is 12.9. The fourth-order valence-corrected chi connectivity index (χ4v) is 7.09. The van der Waals surface area contributed by atoms with Gasteiger partial charge in [0.15, 0.2) is 5.13 Å². The molecule has 0 spiro atoms. The number of thiazole rings is 1. The van der Waals surface area contributed by atoms with Crippen LogP contribution in [0.2, 0.25) is 0 Å². The number of hydrogen-bond donors (Lipinski definition) is 3. The molecule has 40 heavy (non-hydrogen) atoms. The number of benzene rings is 3. The number of fused-ring (bicyclic) bond motifs is 1. The van der Waals surface area contributed by atoms with Gasteiger partial charge in [-0.15, -0.1) is 0 Å². The standard InChI is InChI=1S/C29H34N4O5S2/c1-20(2)19-33(40(36,37)24-12-10-23(38-3)11-13-24)29(35,18-21-7-5-4-6-8-21)15-16-31-27(34)22-9-14-25-26(17-22)39-28(30)32-25/h4-14,17,20,35H,15-16,18-19H2,1-3H3,(H2,30,32)(H,31,34). The molecule has 4 N–H and O–H groups in total. The number of carbonyl (C=O) groups excluding carboxylic acids is 1. The summed E-state index contributed by atoms with van der Waals surface area (Å²) in [6.07, 6.45) is 0.00338. The van der Waals surface area contributed by atoms with E-state index in [9.17, 15) is 18.3 Å². The van der Waals surface area contributed by atoms with Crippen LogP contribution in [0.4, 0.5) is 5.13 Å². The highest BCUT2D eigenvalue weighted by atomic mass is 32.2. The number of aliphatic hydroxyl groups is 1. The number of nitrogen functional groups attached to an aromatic ring is 1. The highest BCUT2D eigenvalue weighted by Gasteiger charge is 2.43. The lowest BCUT2D eigenvalue weighted by atomic mass is 9.98. The molecular formula is C29H34N4O5S2. The number of nitrogens with one attached hydrogen (secondary N) is 1.